The molecule has 1 aromatic heterocycles. The van der Waals surface area contributed by atoms with Crippen LogP contribution in [0.5, 0.6) is 11.5 Å². The Kier molecular flexibility index (Phi) is 8.00. The Bertz CT molecular complexity index is 884. The molecule has 0 aliphatic rings. The van der Waals surface area contributed by atoms with Crippen LogP contribution in [0.2, 0.25) is 0 Å². The van der Waals surface area contributed by atoms with E-state index in [4.69, 9.17) is 9.47 Å². The van der Waals surface area contributed by atoms with Crippen molar-refractivity contribution >= 4 is 21.9 Å². The summed E-state index contributed by atoms with van der Waals surface area (Å²) in [6.45, 7) is 0.775. The van der Waals surface area contributed by atoms with E-state index in [1.165, 1.54) is 0 Å². The maximum absolute atomic E-state index is 12.4. The fourth-order valence-corrected chi connectivity index (χ4v) is 2.82. The SMILES string of the molecule is COc1ccc(OC(=O)c2ccc(Br)cc2)c(CC[n+]2ccccc2)c1.[Br-]. The molecule has 27 heavy (non-hydrogen) atoms. The largest absolute Gasteiger partial charge is 1.00 e. The van der Waals surface area contributed by atoms with Crippen molar-refractivity contribution in [1.29, 1.82) is 0 Å². The molecule has 2 aromatic carbocycles. The number of esters is 1. The first kappa shape index (κ1) is 21.1. The summed E-state index contributed by atoms with van der Waals surface area (Å²) in [4.78, 5) is 12.4. The van der Waals surface area contributed by atoms with Crippen molar-refractivity contribution in [2.24, 2.45) is 0 Å². The molecule has 0 spiro atoms. The molecule has 0 atom stereocenters. The van der Waals surface area contributed by atoms with Crippen molar-refractivity contribution in [1.82, 2.24) is 0 Å². The Morgan fingerprint density at radius 2 is 1.74 bits per heavy atom. The van der Waals surface area contributed by atoms with Gasteiger partial charge >= 0.3 is 5.97 Å². The number of benzene rings is 2. The number of ether oxygens (including phenoxy) is 2. The summed E-state index contributed by atoms with van der Waals surface area (Å²) in [7, 11) is 1.62. The van der Waals surface area contributed by atoms with E-state index in [0.717, 1.165) is 28.8 Å². The van der Waals surface area contributed by atoms with Crippen LogP contribution >= 0.6 is 15.9 Å². The molecule has 1 heterocycles. The van der Waals surface area contributed by atoms with Crippen molar-refractivity contribution < 1.29 is 35.8 Å². The maximum atomic E-state index is 12.4. The van der Waals surface area contributed by atoms with Gasteiger partial charge in [-0.1, -0.05) is 22.0 Å². The molecule has 3 aromatic rings. The van der Waals surface area contributed by atoms with Crippen molar-refractivity contribution in [3.8, 4) is 11.5 Å². The number of pyridine rings is 1. The van der Waals surface area contributed by atoms with Gasteiger partial charge in [-0.2, -0.15) is 0 Å². The molecular formula is C21H19Br2NO3. The molecule has 0 N–H and O–H groups in total. The number of rotatable bonds is 6. The van der Waals surface area contributed by atoms with Crippen LogP contribution in [0.1, 0.15) is 15.9 Å². The van der Waals surface area contributed by atoms with E-state index >= 15 is 0 Å². The van der Waals surface area contributed by atoms with Gasteiger partial charge in [0.05, 0.1) is 12.7 Å². The first-order valence-electron chi connectivity index (χ1n) is 8.24. The first-order chi connectivity index (χ1) is 12.7. The fourth-order valence-electron chi connectivity index (χ4n) is 2.56. The van der Waals surface area contributed by atoms with E-state index in [-0.39, 0.29) is 23.0 Å². The third kappa shape index (κ3) is 5.91. The number of carbonyl (C=O) groups excluding carboxylic acids is 1. The molecule has 4 nitrogen and oxygen atoms in total. The van der Waals surface area contributed by atoms with Crippen LogP contribution in [-0.4, -0.2) is 13.1 Å². The molecule has 140 valence electrons. The van der Waals surface area contributed by atoms with Gasteiger partial charge in [0.15, 0.2) is 18.9 Å². The minimum atomic E-state index is -0.378. The number of halogens is 2. The highest BCUT2D eigenvalue weighted by Gasteiger charge is 2.14. The molecule has 0 saturated carbocycles. The van der Waals surface area contributed by atoms with E-state index in [1.54, 1.807) is 31.4 Å². The minimum Gasteiger partial charge on any atom is -1.00 e. The lowest BCUT2D eigenvalue weighted by Crippen LogP contribution is -3.00. The summed E-state index contributed by atoms with van der Waals surface area (Å²) < 4.78 is 14.0. The molecule has 0 aliphatic heterocycles. The van der Waals surface area contributed by atoms with Crippen molar-refractivity contribution in [2.75, 3.05) is 7.11 Å². The topological polar surface area (TPSA) is 39.4 Å². The van der Waals surface area contributed by atoms with Gasteiger partial charge in [0.2, 0.25) is 0 Å². The van der Waals surface area contributed by atoms with Crippen LogP contribution in [0.4, 0.5) is 0 Å². The third-order valence-electron chi connectivity index (χ3n) is 3.97. The fraction of sp³-hybridized carbons (Fsp3) is 0.143. The Morgan fingerprint density at radius 1 is 1.04 bits per heavy atom. The lowest BCUT2D eigenvalue weighted by Gasteiger charge is -2.11. The Morgan fingerprint density at radius 3 is 2.41 bits per heavy atom. The first-order valence-corrected chi connectivity index (χ1v) is 9.04. The molecule has 0 bridgehead atoms. The second kappa shape index (κ2) is 10.2. The number of aromatic nitrogens is 1. The zero-order valence-corrected chi connectivity index (χ0v) is 17.9. The zero-order valence-electron chi connectivity index (χ0n) is 14.8. The molecule has 0 radical (unpaired) electrons. The van der Waals surface area contributed by atoms with Gasteiger partial charge < -0.3 is 26.5 Å². The Hall–Kier alpha value is -2.18. The number of hydrogen-bond acceptors (Lipinski definition) is 3. The number of methoxy groups -OCH3 is 1. The van der Waals surface area contributed by atoms with Crippen LogP contribution in [0.3, 0.4) is 0 Å². The molecule has 6 heteroatoms. The van der Waals surface area contributed by atoms with E-state index in [1.807, 2.05) is 48.8 Å². The molecule has 3 rings (SSSR count). The monoisotopic (exact) mass is 491 g/mol. The summed E-state index contributed by atoms with van der Waals surface area (Å²) >= 11 is 3.36. The summed E-state index contributed by atoms with van der Waals surface area (Å²) in [5.41, 5.74) is 1.43. The van der Waals surface area contributed by atoms with E-state index in [0.29, 0.717) is 11.3 Å². The minimum absolute atomic E-state index is 0. The van der Waals surface area contributed by atoms with Gasteiger partial charge in [0, 0.05) is 28.6 Å². The Labute approximate surface area is 177 Å². The number of hydrogen-bond donors (Lipinski definition) is 0. The molecule has 0 saturated heterocycles. The van der Waals surface area contributed by atoms with E-state index in [9.17, 15) is 4.79 Å². The number of carbonyl (C=O) groups is 1. The zero-order chi connectivity index (χ0) is 18.4. The van der Waals surface area contributed by atoms with E-state index < -0.39 is 0 Å². The van der Waals surface area contributed by atoms with Gasteiger partial charge in [0.25, 0.3) is 0 Å². The number of aryl methyl sites for hydroxylation is 2. The molecule has 0 amide bonds. The van der Waals surface area contributed by atoms with Crippen LogP contribution < -0.4 is 31.0 Å². The van der Waals surface area contributed by atoms with Crippen molar-refractivity contribution in [2.45, 2.75) is 13.0 Å². The standard InChI is InChI=1S/C21H19BrNO3.BrH/c1-25-19-9-10-20(26-21(24)16-5-7-18(22)8-6-16)17(15-19)11-14-23-12-3-2-4-13-23;/h2-10,12-13,15H,11,14H2,1H3;1H/q+1;/p-1. The summed E-state index contributed by atoms with van der Waals surface area (Å²) in [6.07, 6.45) is 4.73. The van der Waals surface area contributed by atoms with Gasteiger partial charge in [-0.3, -0.25) is 0 Å². The number of nitrogens with zero attached hydrogens (tertiary/aromatic N) is 1. The second-order valence-corrected chi connectivity index (χ2v) is 6.65. The van der Waals surface area contributed by atoms with Gasteiger partial charge in [-0.05, 0) is 42.5 Å². The summed E-state index contributed by atoms with van der Waals surface area (Å²) in [5.74, 6) is 0.910. The Balaban J connectivity index is 0.00000261. The lowest BCUT2D eigenvalue weighted by atomic mass is 10.1. The van der Waals surface area contributed by atoms with Crippen LogP contribution in [0.15, 0.2) is 77.5 Å². The highest BCUT2D eigenvalue weighted by Crippen LogP contribution is 2.26. The quantitative estimate of drug-likeness (QED) is 0.295. The van der Waals surface area contributed by atoms with Gasteiger partial charge in [0.1, 0.15) is 11.5 Å². The van der Waals surface area contributed by atoms with Crippen LogP contribution in [-0.2, 0) is 13.0 Å². The molecule has 0 fully saturated rings. The highest BCUT2D eigenvalue weighted by atomic mass is 79.9. The molecule has 0 aliphatic carbocycles. The molecular weight excluding hydrogens is 474 g/mol. The van der Waals surface area contributed by atoms with E-state index in [2.05, 4.69) is 20.5 Å². The smallest absolute Gasteiger partial charge is 0.343 e. The third-order valence-corrected chi connectivity index (χ3v) is 4.50. The average molecular weight is 493 g/mol. The highest BCUT2D eigenvalue weighted by molar-refractivity contribution is 9.10. The normalized spacial score (nSPS) is 10.0. The van der Waals surface area contributed by atoms with Gasteiger partial charge in [-0.25, -0.2) is 9.36 Å². The van der Waals surface area contributed by atoms with Crippen molar-refractivity contribution in [3.05, 3.63) is 88.7 Å². The maximum Gasteiger partial charge on any atom is 0.343 e. The predicted octanol–water partition coefficient (Wildman–Crippen LogP) is 1.21. The lowest BCUT2D eigenvalue weighted by molar-refractivity contribution is -0.696. The summed E-state index contributed by atoms with van der Waals surface area (Å²) in [5, 5.41) is 0. The summed E-state index contributed by atoms with van der Waals surface area (Å²) in [6, 6.07) is 18.5. The van der Waals surface area contributed by atoms with Crippen LogP contribution in [0, 0.1) is 0 Å². The van der Waals surface area contributed by atoms with Crippen LogP contribution in [0.25, 0.3) is 0 Å². The second-order valence-electron chi connectivity index (χ2n) is 5.73. The predicted molar refractivity (Wildman–Crippen MR) is 102 cm³/mol. The average Bonchev–Trinajstić information content (AvgIpc) is 2.68. The van der Waals surface area contributed by atoms with Crippen molar-refractivity contribution in [3.63, 3.8) is 0 Å². The molecule has 0 unspecified atom stereocenters. The van der Waals surface area contributed by atoms with Gasteiger partial charge in [-0.15, -0.1) is 0 Å².